The van der Waals surface area contributed by atoms with Crippen LogP contribution in [0.3, 0.4) is 0 Å². The molecule has 1 aliphatic heterocycles. The summed E-state index contributed by atoms with van der Waals surface area (Å²) in [6, 6.07) is 21.0. The van der Waals surface area contributed by atoms with Crippen LogP contribution in [0.5, 0.6) is 11.5 Å². The lowest BCUT2D eigenvalue weighted by molar-refractivity contribution is -0.140. The molecule has 1 atom stereocenters. The molecule has 1 fully saturated rings. The van der Waals surface area contributed by atoms with Crippen LogP contribution in [0.25, 0.3) is 0 Å². The molecule has 1 heterocycles. The Balaban J connectivity index is 1.50. The number of ether oxygens (including phenoxy) is 2. The maximum absolute atomic E-state index is 14.2. The number of nitrogens with zero attached hydrogens (tertiary/aromatic N) is 2. The van der Waals surface area contributed by atoms with Gasteiger partial charge in [-0.3, -0.25) is 13.9 Å². The first kappa shape index (κ1) is 29.9. The van der Waals surface area contributed by atoms with E-state index in [9.17, 15) is 18.0 Å². The van der Waals surface area contributed by atoms with E-state index in [1.54, 1.807) is 18.2 Å². The van der Waals surface area contributed by atoms with Gasteiger partial charge in [-0.25, -0.2) is 8.42 Å². The Morgan fingerprint density at radius 3 is 2.38 bits per heavy atom. The number of fused-ring (bicyclic) bond motifs is 1. The topological polar surface area (TPSA) is 105 Å². The molecule has 0 saturated heterocycles. The minimum Gasteiger partial charge on any atom is -0.454 e. The SMILES string of the molecule is CS(=O)(=O)N(CC(=O)N(Cc1cccc(Br)c1)[C@@H](Cc1ccccc1)C(=O)NC1CCCC1)c1ccc2c(c1)OCO2. The van der Waals surface area contributed by atoms with Gasteiger partial charge in [-0.15, -0.1) is 0 Å². The van der Waals surface area contributed by atoms with Crippen LogP contribution in [-0.4, -0.2) is 56.8 Å². The predicted octanol–water partition coefficient (Wildman–Crippen LogP) is 4.64. The second-order valence-electron chi connectivity index (χ2n) is 10.7. The van der Waals surface area contributed by atoms with Gasteiger partial charge in [0.15, 0.2) is 11.5 Å². The normalized spacial score (nSPS) is 15.3. The molecule has 9 nitrogen and oxygen atoms in total. The minimum absolute atomic E-state index is 0.0360. The summed E-state index contributed by atoms with van der Waals surface area (Å²) in [4.78, 5) is 29.7. The van der Waals surface area contributed by atoms with Gasteiger partial charge in [0.05, 0.1) is 11.9 Å². The molecule has 3 aromatic carbocycles. The molecule has 1 N–H and O–H groups in total. The number of anilines is 1. The largest absolute Gasteiger partial charge is 0.454 e. The van der Waals surface area contributed by atoms with Crippen molar-refractivity contribution in [2.24, 2.45) is 0 Å². The Morgan fingerprint density at radius 2 is 1.67 bits per heavy atom. The van der Waals surface area contributed by atoms with Crippen LogP contribution in [0.4, 0.5) is 5.69 Å². The van der Waals surface area contributed by atoms with E-state index in [0.717, 1.165) is 51.8 Å². The molecule has 2 aliphatic rings. The number of rotatable bonds is 11. The summed E-state index contributed by atoms with van der Waals surface area (Å²) < 4.78 is 38.7. The number of benzene rings is 3. The maximum Gasteiger partial charge on any atom is 0.244 e. The molecule has 2 amide bonds. The Labute approximate surface area is 255 Å². The lowest BCUT2D eigenvalue weighted by Crippen LogP contribution is -2.54. The standard InChI is InChI=1S/C31H34BrN3O6S/c1-42(38,39)35(26-14-15-28-29(18-26)41-21-40-28)20-30(36)34(19-23-10-7-11-24(32)16-23)27(17-22-8-3-2-4-9-22)31(37)33-25-12-5-6-13-25/h2-4,7-11,14-16,18,25,27H,5-6,12-13,17,19-21H2,1H3,(H,33,37)/t27-/m0/s1. The lowest BCUT2D eigenvalue weighted by Gasteiger charge is -2.34. The van der Waals surface area contributed by atoms with Gasteiger partial charge in [-0.1, -0.05) is 71.2 Å². The van der Waals surface area contributed by atoms with Crippen molar-refractivity contribution in [2.75, 3.05) is 23.9 Å². The average Bonchev–Trinajstić information content (AvgIpc) is 3.65. The van der Waals surface area contributed by atoms with E-state index in [-0.39, 0.29) is 37.4 Å². The maximum atomic E-state index is 14.2. The Morgan fingerprint density at radius 1 is 0.952 bits per heavy atom. The fraction of sp³-hybridized carbons (Fsp3) is 0.355. The van der Waals surface area contributed by atoms with Crippen molar-refractivity contribution in [1.29, 1.82) is 0 Å². The zero-order valence-electron chi connectivity index (χ0n) is 23.4. The van der Waals surface area contributed by atoms with Gasteiger partial charge in [-0.2, -0.15) is 0 Å². The monoisotopic (exact) mass is 655 g/mol. The molecule has 0 radical (unpaired) electrons. The highest BCUT2D eigenvalue weighted by atomic mass is 79.9. The third kappa shape index (κ3) is 7.43. The fourth-order valence-electron chi connectivity index (χ4n) is 5.41. The molecule has 3 aromatic rings. The summed E-state index contributed by atoms with van der Waals surface area (Å²) in [5, 5.41) is 3.17. The third-order valence-corrected chi connectivity index (χ3v) is 9.17. The number of carbonyl (C=O) groups excluding carboxylic acids is 2. The van der Waals surface area contributed by atoms with Crippen LogP contribution >= 0.6 is 15.9 Å². The van der Waals surface area contributed by atoms with E-state index in [0.29, 0.717) is 11.5 Å². The van der Waals surface area contributed by atoms with Crippen LogP contribution in [0.2, 0.25) is 0 Å². The van der Waals surface area contributed by atoms with Crippen molar-refractivity contribution in [3.05, 3.63) is 88.4 Å². The van der Waals surface area contributed by atoms with Gasteiger partial charge < -0.3 is 19.7 Å². The highest BCUT2D eigenvalue weighted by Crippen LogP contribution is 2.36. The van der Waals surface area contributed by atoms with E-state index in [1.165, 1.54) is 4.90 Å². The van der Waals surface area contributed by atoms with Crippen molar-refractivity contribution >= 4 is 43.5 Å². The average molecular weight is 657 g/mol. The van der Waals surface area contributed by atoms with Gasteiger partial charge in [0.1, 0.15) is 12.6 Å². The van der Waals surface area contributed by atoms with E-state index < -0.39 is 28.5 Å². The molecule has 222 valence electrons. The Kier molecular flexibility index (Phi) is 9.37. The number of hydrogen-bond donors (Lipinski definition) is 1. The number of nitrogens with one attached hydrogen (secondary N) is 1. The zero-order chi connectivity index (χ0) is 29.7. The smallest absolute Gasteiger partial charge is 0.244 e. The van der Waals surface area contributed by atoms with E-state index in [4.69, 9.17) is 9.47 Å². The Bertz CT molecular complexity index is 1530. The first-order chi connectivity index (χ1) is 20.2. The minimum atomic E-state index is -3.89. The first-order valence-corrected chi connectivity index (χ1v) is 16.6. The van der Waals surface area contributed by atoms with E-state index in [2.05, 4.69) is 21.2 Å². The molecule has 0 spiro atoms. The van der Waals surface area contributed by atoms with Gasteiger partial charge in [0.2, 0.25) is 28.6 Å². The second kappa shape index (κ2) is 13.2. The third-order valence-electron chi connectivity index (χ3n) is 7.54. The van der Waals surface area contributed by atoms with Crippen molar-refractivity contribution in [2.45, 2.75) is 50.7 Å². The summed E-state index contributed by atoms with van der Waals surface area (Å²) in [7, 11) is -3.89. The number of sulfonamides is 1. The zero-order valence-corrected chi connectivity index (χ0v) is 25.8. The highest BCUT2D eigenvalue weighted by Gasteiger charge is 2.34. The van der Waals surface area contributed by atoms with Crippen molar-refractivity contribution in [3.8, 4) is 11.5 Å². The summed E-state index contributed by atoms with van der Waals surface area (Å²) >= 11 is 3.50. The lowest BCUT2D eigenvalue weighted by atomic mass is 10.0. The molecule has 5 rings (SSSR count). The predicted molar refractivity (Wildman–Crippen MR) is 164 cm³/mol. The number of halogens is 1. The molecular formula is C31H34BrN3O6S. The van der Waals surface area contributed by atoms with E-state index >= 15 is 0 Å². The summed E-state index contributed by atoms with van der Waals surface area (Å²) in [5.74, 6) is 0.155. The van der Waals surface area contributed by atoms with Crippen molar-refractivity contribution < 1.29 is 27.5 Å². The van der Waals surface area contributed by atoms with Gasteiger partial charge in [-0.05, 0) is 48.2 Å². The summed E-state index contributed by atoms with van der Waals surface area (Å²) in [5.41, 5.74) is 1.97. The van der Waals surface area contributed by atoms with Crippen molar-refractivity contribution in [3.63, 3.8) is 0 Å². The highest BCUT2D eigenvalue weighted by molar-refractivity contribution is 9.10. The molecule has 0 unspecified atom stereocenters. The van der Waals surface area contributed by atoms with Gasteiger partial charge in [0.25, 0.3) is 0 Å². The molecule has 0 bridgehead atoms. The Hall–Kier alpha value is -3.57. The van der Waals surface area contributed by atoms with Gasteiger partial charge >= 0.3 is 0 Å². The van der Waals surface area contributed by atoms with Crippen molar-refractivity contribution in [1.82, 2.24) is 10.2 Å². The molecule has 1 aliphatic carbocycles. The molecular weight excluding hydrogens is 622 g/mol. The van der Waals surface area contributed by atoms with E-state index in [1.807, 2.05) is 54.6 Å². The number of hydrogen-bond acceptors (Lipinski definition) is 6. The van der Waals surface area contributed by atoms with Crippen LogP contribution in [0.15, 0.2) is 77.3 Å². The van der Waals surface area contributed by atoms with Crippen LogP contribution < -0.4 is 19.1 Å². The molecule has 42 heavy (non-hydrogen) atoms. The first-order valence-electron chi connectivity index (χ1n) is 13.9. The summed E-state index contributed by atoms with van der Waals surface area (Å²) in [6.07, 6.45) is 5.23. The van der Waals surface area contributed by atoms with Crippen LogP contribution in [0.1, 0.15) is 36.8 Å². The number of carbonyl (C=O) groups is 2. The van der Waals surface area contributed by atoms with Gasteiger partial charge in [0, 0.05) is 29.5 Å². The van der Waals surface area contributed by atoms with Crippen LogP contribution in [0, 0.1) is 0 Å². The summed E-state index contributed by atoms with van der Waals surface area (Å²) in [6.45, 7) is -0.338. The molecule has 11 heteroatoms. The quantitative estimate of drug-likeness (QED) is 0.323. The molecule has 1 saturated carbocycles. The number of amides is 2. The fourth-order valence-corrected chi connectivity index (χ4v) is 6.70. The second-order valence-corrected chi connectivity index (χ2v) is 13.5. The van der Waals surface area contributed by atoms with Crippen LogP contribution in [-0.2, 0) is 32.6 Å². The molecule has 0 aromatic heterocycles.